The van der Waals surface area contributed by atoms with Gasteiger partial charge in [0, 0.05) is 6.54 Å². The van der Waals surface area contributed by atoms with Gasteiger partial charge in [-0.2, -0.15) is 0 Å². The Balaban J connectivity index is 0.000000271. The van der Waals surface area contributed by atoms with Crippen LogP contribution in [-0.4, -0.2) is 13.1 Å². The molecule has 2 N–H and O–H groups in total. The van der Waals surface area contributed by atoms with Crippen LogP contribution in [-0.2, 0) is 30.5 Å². The molecule has 136 valence electrons. The molecule has 3 heteroatoms. The third kappa shape index (κ3) is 6.35. The van der Waals surface area contributed by atoms with Gasteiger partial charge < -0.3 is 10.5 Å². The summed E-state index contributed by atoms with van der Waals surface area (Å²) in [6.07, 6.45) is 4.04. The second-order valence-electron chi connectivity index (χ2n) is 5.91. The van der Waals surface area contributed by atoms with E-state index in [1.54, 1.807) is 0 Å². The van der Waals surface area contributed by atoms with Crippen LogP contribution in [0.3, 0.4) is 0 Å². The molecule has 0 aliphatic heterocycles. The fourth-order valence-electron chi connectivity index (χ4n) is 2.72. The van der Waals surface area contributed by atoms with Crippen molar-refractivity contribution in [2.75, 3.05) is 7.11 Å². The maximum Gasteiger partial charge on any atom is 0.338 e. The number of hydrogen-bond acceptors (Lipinski definition) is 3. The minimum absolute atomic E-state index is 0.228. The van der Waals surface area contributed by atoms with Gasteiger partial charge in [-0.1, -0.05) is 63.6 Å². The molecule has 0 radical (unpaired) electrons. The average molecular weight is 341 g/mol. The molecule has 0 saturated carbocycles. The predicted octanol–water partition coefficient (Wildman–Crippen LogP) is 4.70. The zero-order chi connectivity index (χ0) is 18.7. The van der Waals surface area contributed by atoms with E-state index in [0.717, 1.165) is 36.8 Å². The van der Waals surface area contributed by atoms with Crippen LogP contribution in [0.15, 0.2) is 42.5 Å². The summed E-state index contributed by atoms with van der Waals surface area (Å²) in [6.45, 7) is 7.02. The molecule has 25 heavy (non-hydrogen) atoms. The highest BCUT2D eigenvalue weighted by molar-refractivity contribution is 5.91. The molecule has 2 aromatic rings. The maximum atomic E-state index is 11.6. The van der Waals surface area contributed by atoms with E-state index in [1.807, 2.05) is 12.1 Å². The molecule has 0 amide bonds. The molecule has 0 fully saturated rings. The Bertz CT molecular complexity index is 625. The smallest absolute Gasteiger partial charge is 0.338 e. The fraction of sp³-hybridized carbons (Fsp3) is 0.409. The lowest BCUT2D eigenvalue weighted by Crippen LogP contribution is -2.08. The second-order valence-corrected chi connectivity index (χ2v) is 5.91. The molecule has 3 nitrogen and oxygen atoms in total. The zero-order valence-corrected chi connectivity index (χ0v) is 16.0. The molecule has 0 aliphatic rings. The van der Waals surface area contributed by atoms with Crippen LogP contribution in [0.4, 0.5) is 0 Å². The third-order valence-electron chi connectivity index (χ3n) is 4.23. The van der Waals surface area contributed by atoms with Gasteiger partial charge in [-0.05, 0) is 47.6 Å². The average Bonchev–Trinajstić information content (AvgIpc) is 2.68. The van der Waals surface area contributed by atoms with Crippen LogP contribution < -0.4 is 5.73 Å². The molecular weight excluding hydrogens is 310 g/mol. The SMILES string of the molecule is CCCc1c(CC)cccc1C(=O)OC.CCc1ccc(CN)cc1. The Hall–Kier alpha value is -2.13. The van der Waals surface area contributed by atoms with Crippen LogP contribution in [0.5, 0.6) is 0 Å². The third-order valence-corrected chi connectivity index (χ3v) is 4.23. The Morgan fingerprint density at radius 2 is 1.60 bits per heavy atom. The quantitative estimate of drug-likeness (QED) is 0.775. The minimum atomic E-state index is -0.228. The first kappa shape index (κ1) is 20.9. The lowest BCUT2D eigenvalue weighted by Gasteiger charge is -2.11. The van der Waals surface area contributed by atoms with Gasteiger partial charge in [0.15, 0.2) is 0 Å². The summed E-state index contributed by atoms with van der Waals surface area (Å²) in [7, 11) is 1.43. The van der Waals surface area contributed by atoms with Crippen LogP contribution in [0.1, 0.15) is 59.8 Å². The van der Waals surface area contributed by atoms with E-state index in [9.17, 15) is 4.79 Å². The van der Waals surface area contributed by atoms with E-state index >= 15 is 0 Å². The minimum Gasteiger partial charge on any atom is -0.465 e. The summed E-state index contributed by atoms with van der Waals surface area (Å²) in [5.74, 6) is -0.228. The first-order valence-corrected chi connectivity index (χ1v) is 9.08. The van der Waals surface area contributed by atoms with Gasteiger partial charge in [0.1, 0.15) is 0 Å². The number of carbonyl (C=O) groups is 1. The van der Waals surface area contributed by atoms with Crippen LogP contribution >= 0.6 is 0 Å². The largest absolute Gasteiger partial charge is 0.465 e. The predicted molar refractivity (Wildman–Crippen MR) is 105 cm³/mol. The first-order valence-electron chi connectivity index (χ1n) is 9.08. The molecule has 0 spiro atoms. The van der Waals surface area contributed by atoms with Gasteiger partial charge in [-0.15, -0.1) is 0 Å². The van der Waals surface area contributed by atoms with Crippen molar-refractivity contribution in [1.29, 1.82) is 0 Å². The Morgan fingerprint density at radius 1 is 0.960 bits per heavy atom. The standard InChI is InChI=1S/C13H18O2.C9H13N/c1-4-7-11-10(5-2)8-6-9-12(11)13(14)15-3;1-2-8-3-5-9(7-10)6-4-8/h6,8-9H,4-5,7H2,1-3H3;3-6H,2,7,10H2,1H3. The van der Waals surface area contributed by atoms with E-state index < -0.39 is 0 Å². The van der Waals surface area contributed by atoms with Crippen molar-refractivity contribution in [3.8, 4) is 0 Å². The van der Waals surface area contributed by atoms with Gasteiger partial charge in [-0.3, -0.25) is 0 Å². The summed E-state index contributed by atoms with van der Waals surface area (Å²) in [5.41, 5.74) is 11.1. The van der Waals surface area contributed by atoms with Crippen molar-refractivity contribution in [3.63, 3.8) is 0 Å². The highest BCUT2D eigenvalue weighted by Gasteiger charge is 2.13. The summed E-state index contributed by atoms with van der Waals surface area (Å²) >= 11 is 0. The summed E-state index contributed by atoms with van der Waals surface area (Å²) < 4.78 is 4.78. The number of rotatable bonds is 6. The number of methoxy groups -OCH3 is 1. The van der Waals surface area contributed by atoms with Gasteiger partial charge in [-0.25, -0.2) is 4.79 Å². The summed E-state index contributed by atoms with van der Waals surface area (Å²) in [6, 6.07) is 14.3. The van der Waals surface area contributed by atoms with Crippen LogP contribution in [0.25, 0.3) is 0 Å². The number of aryl methyl sites for hydroxylation is 2. The Labute approximate surface area is 152 Å². The molecule has 0 bridgehead atoms. The number of ether oxygens (including phenoxy) is 1. The van der Waals surface area contributed by atoms with E-state index in [1.165, 1.54) is 23.8 Å². The van der Waals surface area contributed by atoms with Gasteiger partial charge in [0.05, 0.1) is 12.7 Å². The molecule has 0 saturated heterocycles. The Kier molecular flexibility index (Phi) is 9.56. The van der Waals surface area contributed by atoms with Crippen molar-refractivity contribution in [2.45, 2.75) is 53.0 Å². The second kappa shape index (κ2) is 11.4. The summed E-state index contributed by atoms with van der Waals surface area (Å²) in [4.78, 5) is 11.6. The molecule has 0 unspecified atom stereocenters. The molecule has 2 rings (SSSR count). The Morgan fingerprint density at radius 3 is 2.08 bits per heavy atom. The zero-order valence-electron chi connectivity index (χ0n) is 16.0. The fourth-order valence-corrected chi connectivity index (χ4v) is 2.72. The van der Waals surface area contributed by atoms with Gasteiger partial charge in [0.25, 0.3) is 0 Å². The topological polar surface area (TPSA) is 52.3 Å². The van der Waals surface area contributed by atoms with E-state index in [0.29, 0.717) is 6.54 Å². The number of esters is 1. The molecule has 0 aliphatic carbocycles. The highest BCUT2D eigenvalue weighted by Crippen LogP contribution is 2.18. The molecule has 0 heterocycles. The lowest BCUT2D eigenvalue weighted by atomic mass is 9.96. The van der Waals surface area contributed by atoms with Crippen molar-refractivity contribution in [3.05, 3.63) is 70.3 Å². The van der Waals surface area contributed by atoms with Gasteiger partial charge in [0.2, 0.25) is 0 Å². The first-order chi connectivity index (χ1) is 12.1. The molecule has 0 aromatic heterocycles. The van der Waals surface area contributed by atoms with Crippen LogP contribution in [0.2, 0.25) is 0 Å². The van der Waals surface area contributed by atoms with Crippen molar-refractivity contribution in [2.24, 2.45) is 5.73 Å². The van der Waals surface area contributed by atoms with Crippen molar-refractivity contribution >= 4 is 5.97 Å². The molecule has 0 atom stereocenters. The lowest BCUT2D eigenvalue weighted by molar-refractivity contribution is 0.0599. The number of benzene rings is 2. The number of nitrogens with two attached hydrogens (primary N) is 1. The van der Waals surface area contributed by atoms with Gasteiger partial charge >= 0.3 is 5.97 Å². The van der Waals surface area contributed by atoms with Crippen molar-refractivity contribution < 1.29 is 9.53 Å². The van der Waals surface area contributed by atoms with Crippen molar-refractivity contribution in [1.82, 2.24) is 0 Å². The number of carbonyl (C=O) groups excluding carboxylic acids is 1. The van der Waals surface area contributed by atoms with E-state index in [2.05, 4.69) is 51.1 Å². The molecule has 2 aromatic carbocycles. The van der Waals surface area contributed by atoms with E-state index in [4.69, 9.17) is 10.5 Å². The highest BCUT2D eigenvalue weighted by atomic mass is 16.5. The van der Waals surface area contributed by atoms with Crippen LogP contribution in [0, 0.1) is 0 Å². The summed E-state index contributed by atoms with van der Waals surface area (Å²) in [5, 5.41) is 0. The number of hydrogen-bond donors (Lipinski definition) is 1. The maximum absolute atomic E-state index is 11.6. The normalized spacial score (nSPS) is 9.96. The monoisotopic (exact) mass is 341 g/mol. The van der Waals surface area contributed by atoms with E-state index in [-0.39, 0.29) is 5.97 Å². The molecular formula is C22H31NO2.